The van der Waals surface area contributed by atoms with E-state index in [0.29, 0.717) is 11.5 Å². The molecule has 6 rings (SSSR count). The number of rotatable bonds is 5. The van der Waals surface area contributed by atoms with Gasteiger partial charge in [-0.2, -0.15) is 5.10 Å². The third kappa shape index (κ3) is 3.21. The molecule has 3 heterocycles. The van der Waals surface area contributed by atoms with Crippen LogP contribution < -0.4 is 5.32 Å². The van der Waals surface area contributed by atoms with Gasteiger partial charge in [0.25, 0.3) is 0 Å². The third-order valence-corrected chi connectivity index (χ3v) is 7.31. The van der Waals surface area contributed by atoms with Gasteiger partial charge in [0.05, 0.1) is 11.7 Å². The summed E-state index contributed by atoms with van der Waals surface area (Å²) in [6.07, 6.45) is 12.1. The Labute approximate surface area is 183 Å². The van der Waals surface area contributed by atoms with Crippen molar-refractivity contribution in [2.24, 2.45) is 11.3 Å². The second kappa shape index (κ2) is 6.94. The van der Waals surface area contributed by atoms with Crippen LogP contribution in [0.3, 0.4) is 0 Å². The van der Waals surface area contributed by atoms with E-state index >= 15 is 0 Å². The molecule has 4 heteroatoms. The van der Waals surface area contributed by atoms with E-state index in [4.69, 9.17) is 4.98 Å². The lowest BCUT2D eigenvalue weighted by Gasteiger charge is -2.57. The molecule has 4 aromatic rings. The molecule has 3 aromatic heterocycles. The molecule has 4 nitrogen and oxygen atoms in total. The van der Waals surface area contributed by atoms with Gasteiger partial charge < -0.3 is 5.32 Å². The zero-order chi connectivity index (χ0) is 21.0. The normalized spacial score (nSPS) is 24.8. The van der Waals surface area contributed by atoms with Crippen molar-refractivity contribution in [3.8, 4) is 0 Å². The zero-order valence-corrected chi connectivity index (χ0v) is 18.0. The predicted molar refractivity (Wildman–Crippen MR) is 126 cm³/mol. The predicted octanol–water partition coefficient (Wildman–Crippen LogP) is 5.61. The van der Waals surface area contributed by atoms with Gasteiger partial charge in [0, 0.05) is 47.2 Å². The van der Waals surface area contributed by atoms with Gasteiger partial charge in [0.15, 0.2) is 0 Å². The van der Waals surface area contributed by atoms with Gasteiger partial charge in [-0.1, -0.05) is 43.8 Å². The molecule has 0 atom stereocenters. The lowest BCUT2D eigenvalue weighted by Crippen LogP contribution is -2.54. The molecule has 2 fully saturated rings. The van der Waals surface area contributed by atoms with Gasteiger partial charge >= 0.3 is 0 Å². The van der Waals surface area contributed by atoms with Gasteiger partial charge in [-0.3, -0.25) is 4.98 Å². The van der Waals surface area contributed by atoms with Crippen LogP contribution in [0.2, 0.25) is 0 Å². The van der Waals surface area contributed by atoms with Crippen molar-refractivity contribution in [3.63, 3.8) is 0 Å². The molecule has 0 saturated heterocycles. The number of aromatic nitrogens is 3. The third-order valence-electron chi connectivity index (χ3n) is 7.31. The SMILES string of the molecule is C=C(NC1CC2(CC(C)C2)C1)c1cnn2cccc(Cc3cc4ccccc4cn3)c12. The van der Waals surface area contributed by atoms with E-state index in [2.05, 4.69) is 66.4 Å². The highest BCUT2D eigenvalue weighted by Crippen LogP contribution is 2.58. The number of nitrogens with zero attached hydrogens (tertiary/aromatic N) is 3. The minimum atomic E-state index is 0.546. The molecule has 1 spiro atoms. The summed E-state index contributed by atoms with van der Waals surface area (Å²) < 4.78 is 1.97. The highest BCUT2D eigenvalue weighted by Gasteiger charge is 2.51. The van der Waals surface area contributed by atoms with Crippen molar-refractivity contribution in [1.29, 1.82) is 0 Å². The molecule has 2 aliphatic carbocycles. The molecule has 31 heavy (non-hydrogen) atoms. The Bertz CT molecular complexity index is 1290. The molecule has 0 amide bonds. The average molecular weight is 409 g/mol. The summed E-state index contributed by atoms with van der Waals surface area (Å²) in [5.74, 6) is 0.912. The van der Waals surface area contributed by atoms with E-state index in [-0.39, 0.29) is 0 Å². The van der Waals surface area contributed by atoms with Crippen molar-refractivity contribution in [3.05, 3.63) is 84.5 Å². The van der Waals surface area contributed by atoms with Crippen LogP contribution in [0.4, 0.5) is 0 Å². The molecule has 2 saturated carbocycles. The molecule has 0 bridgehead atoms. The molecule has 156 valence electrons. The standard InChI is InChI=1S/C27H28N4/c1-18-12-27(13-18)14-24(15-27)30-19(2)25-17-29-31-9-5-8-21(26(25)31)11-23-10-20-6-3-4-7-22(20)16-28-23/h3-10,16-18,24,30H,2,11-15H2,1H3. The van der Waals surface area contributed by atoms with Crippen molar-refractivity contribution < 1.29 is 0 Å². The molecule has 1 aromatic carbocycles. The van der Waals surface area contributed by atoms with Crippen LogP contribution in [-0.4, -0.2) is 20.6 Å². The first-order valence-electron chi connectivity index (χ1n) is 11.3. The summed E-state index contributed by atoms with van der Waals surface area (Å²) in [5.41, 5.74) is 6.13. The molecule has 1 N–H and O–H groups in total. The maximum Gasteiger partial charge on any atom is 0.0790 e. The first-order chi connectivity index (χ1) is 15.1. The second-order valence-electron chi connectivity index (χ2n) is 9.83. The summed E-state index contributed by atoms with van der Waals surface area (Å²) in [7, 11) is 0. The number of nitrogens with one attached hydrogen (secondary N) is 1. The Morgan fingerprint density at radius 1 is 1.10 bits per heavy atom. The van der Waals surface area contributed by atoms with Gasteiger partial charge in [-0.25, -0.2) is 4.52 Å². The number of pyridine rings is 2. The first-order valence-corrected chi connectivity index (χ1v) is 11.3. The first kappa shape index (κ1) is 18.6. The number of hydrogen-bond acceptors (Lipinski definition) is 3. The van der Waals surface area contributed by atoms with Crippen LogP contribution in [0.5, 0.6) is 0 Å². The Morgan fingerprint density at radius 2 is 1.90 bits per heavy atom. The summed E-state index contributed by atoms with van der Waals surface area (Å²) >= 11 is 0. The van der Waals surface area contributed by atoms with E-state index in [1.165, 1.54) is 42.0 Å². The van der Waals surface area contributed by atoms with Crippen LogP contribution in [0.1, 0.15) is 49.4 Å². The summed E-state index contributed by atoms with van der Waals surface area (Å²) in [4.78, 5) is 4.71. The summed E-state index contributed by atoms with van der Waals surface area (Å²) in [5, 5.41) is 10.7. The van der Waals surface area contributed by atoms with Crippen LogP contribution in [0.25, 0.3) is 22.0 Å². The summed E-state index contributed by atoms with van der Waals surface area (Å²) in [6.45, 7) is 6.76. The fourth-order valence-electron chi connectivity index (χ4n) is 6.06. The quantitative estimate of drug-likeness (QED) is 0.466. The van der Waals surface area contributed by atoms with Crippen molar-refractivity contribution in [2.45, 2.75) is 45.1 Å². The fraction of sp³-hybridized carbons (Fsp3) is 0.333. The van der Waals surface area contributed by atoms with E-state index < -0.39 is 0 Å². The molecular weight excluding hydrogens is 380 g/mol. The Kier molecular flexibility index (Phi) is 4.17. The minimum absolute atomic E-state index is 0.546. The lowest BCUT2D eigenvalue weighted by molar-refractivity contribution is -0.0377. The Balaban J connectivity index is 1.25. The smallest absolute Gasteiger partial charge is 0.0790 e. The van der Waals surface area contributed by atoms with Crippen molar-refractivity contribution >= 4 is 22.0 Å². The largest absolute Gasteiger partial charge is 0.382 e. The molecule has 0 aliphatic heterocycles. The van der Waals surface area contributed by atoms with Crippen LogP contribution in [0, 0.1) is 11.3 Å². The van der Waals surface area contributed by atoms with Gasteiger partial charge in [-0.05, 0) is 60.1 Å². The Hall–Kier alpha value is -3.14. The maximum absolute atomic E-state index is 4.71. The highest BCUT2D eigenvalue weighted by molar-refractivity contribution is 5.82. The van der Waals surface area contributed by atoms with E-state index in [0.717, 1.165) is 34.8 Å². The van der Waals surface area contributed by atoms with Crippen molar-refractivity contribution in [1.82, 2.24) is 19.9 Å². The van der Waals surface area contributed by atoms with E-state index in [1.54, 1.807) is 0 Å². The lowest BCUT2D eigenvalue weighted by atomic mass is 9.50. The number of hydrogen-bond donors (Lipinski definition) is 1. The number of fused-ring (bicyclic) bond motifs is 2. The van der Waals surface area contributed by atoms with Gasteiger partial charge in [-0.15, -0.1) is 0 Å². The maximum atomic E-state index is 4.71. The molecular formula is C27H28N4. The molecule has 0 radical (unpaired) electrons. The van der Waals surface area contributed by atoms with Crippen LogP contribution >= 0.6 is 0 Å². The average Bonchev–Trinajstić information content (AvgIpc) is 3.16. The van der Waals surface area contributed by atoms with Gasteiger partial charge in [0.1, 0.15) is 0 Å². The topological polar surface area (TPSA) is 42.2 Å². The zero-order valence-electron chi connectivity index (χ0n) is 18.0. The van der Waals surface area contributed by atoms with Crippen LogP contribution in [-0.2, 0) is 6.42 Å². The fourth-order valence-corrected chi connectivity index (χ4v) is 6.06. The number of benzene rings is 1. The summed E-state index contributed by atoms with van der Waals surface area (Å²) in [6, 6.07) is 15.4. The monoisotopic (exact) mass is 408 g/mol. The Morgan fingerprint density at radius 3 is 2.71 bits per heavy atom. The van der Waals surface area contributed by atoms with E-state index in [9.17, 15) is 0 Å². The minimum Gasteiger partial charge on any atom is -0.382 e. The second-order valence-corrected chi connectivity index (χ2v) is 9.83. The van der Waals surface area contributed by atoms with E-state index in [1.807, 2.05) is 23.1 Å². The highest BCUT2D eigenvalue weighted by atomic mass is 15.2. The molecule has 0 unspecified atom stereocenters. The van der Waals surface area contributed by atoms with Gasteiger partial charge in [0.2, 0.25) is 0 Å². The van der Waals surface area contributed by atoms with Crippen LogP contribution in [0.15, 0.2) is 67.6 Å². The van der Waals surface area contributed by atoms with Crippen molar-refractivity contribution in [2.75, 3.05) is 0 Å². The molecule has 2 aliphatic rings.